The van der Waals surface area contributed by atoms with Crippen molar-refractivity contribution in [3.05, 3.63) is 28.2 Å². The average Bonchev–Trinajstić information content (AvgIpc) is 2.47. The van der Waals surface area contributed by atoms with Gasteiger partial charge < -0.3 is 9.84 Å². The van der Waals surface area contributed by atoms with Gasteiger partial charge in [-0.25, -0.2) is 0 Å². The maximum atomic E-state index is 10.8. The van der Waals surface area contributed by atoms with E-state index in [9.17, 15) is 5.11 Å². The van der Waals surface area contributed by atoms with Gasteiger partial charge in [-0.3, -0.25) is 0 Å². The molecule has 0 heterocycles. The molecule has 0 saturated heterocycles. The van der Waals surface area contributed by atoms with Crippen LogP contribution in [0.2, 0.25) is 0 Å². The number of hydrogen-bond donors (Lipinski definition) is 1. The van der Waals surface area contributed by atoms with Crippen LogP contribution in [0.1, 0.15) is 50.7 Å². The Hall–Kier alpha value is -0.540. The van der Waals surface area contributed by atoms with E-state index in [-0.39, 0.29) is 0 Å². The third-order valence-corrected chi connectivity index (χ3v) is 5.14. The lowest BCUT2D eigenvalue weighted by Crippen LogP contribution is -2.25. The molecule has 1 fully saturated rings. The van der Waals surface area contributed by atoms with Crippen LogP contribution >= 0.6 is 15.9 Å². The number of methoxy groups -OCH3 is 1. The third kappa shape index (κ3) is 3.32. The minimum absolute atomic E-state index is 0.377. The molecule has 106 valence electrons. The van der Waals surface area contributed by atoms with Crippen LogP contribution in [-0.2, 0) is 0 Å². The molecule has 0 amide bonds. The van der Waals surface area contributed by atoms with Crippen molar-refractivity contribution in [3.8, 4) is 5.75 Å². The van der Waals surface area contributed by atoms with Gasteiger partial charge in [0.15, 0.2) is 0 Å². The van der Waals surface area contributed by atoms with Gasteiger partial charge >= 0.3 is 0 Å². The first-order chi connectivity index (χ1) is 9.17. The molecule has 1 aliphatic rings. The SMILES string of the molecule is CCC1CCCCC1C(O)c1cc(OC)ccc1Br. The van der Waals surface area contributed by atoms with E-state index in [0.29, 0.717) is 11.8 Å². The summed E-state index contributed by atoms with van der Waals surface area (Å²) in [5, 5.41) is 10.8. The Kier molecular flexibility index (Phi) is 5.28. The van der Waals surface area contributed by atoms with Gasteiger partial charge in [-0.15, -0.1) is 0 Å². The summed E-state index contributed by atoms with van der Waals surface area (Å²) in [5.41, 5.74) is 0.963. The minimum atomic E-state index is -0.394. The molecule has 3 heteroatoms. The first kappa shape index (κ1) is 14.9. The van der Waals surface area contributed by atoms with Crippen LogP contribution in [0, 0.1) is 11.8 Å². The zero-order chi connectivity index (χ0) is 13.8. The number of aliphatic hydroxyl groups excluding tert-OH is 1. The predicted molar refractivity (Wildman–Crippen MR) is 81.4 cm³/mol. The molecule has 0 aliphatic heterocycles. The van der Waals surface area contributed by atoms with Crippen molar-refractivity contribution in [3.63, 3.8) is 0 Å². The maximum absolute atomic E-state index is 10.8. The highest BCUT2D eigenvalue weighted by molar-refractivity contribution is 9.10. The second-order valence-electron chi connectivity index (χ2n) is 5.45. The quantitative estimate of drug-likeness (QED) is 0.868. The van der Waals surface area contributed by atoms with Crippen molar-refractivity contribution in [2.75, 3.05) is 7.11 Å². The number of rotatable bonds is 4. The molecule has 0 bridgehead atoms. The Morgan fingerprint density at radius 2 is 2.11 bits per heavy atom. The fourth-order valence-electron chi connectivity index (χ4n) is 3.26. The smallest absolute Gasteiger partial charge is 0.119 e. The van der Waals surface area contributed by atoms with Gasteiger partial charge in [-0.2, -0.15) is 0 Å². The Balaban J connectivity index is 2.24. The summed E-state index contributed by atoms with van der Waals surface area (Å²) in [7, 11) is 1.66. The lowest BCUT2D eigenvalue weighted by Gasteiger charge is -2.35. The average molecular weight is 327 g/mol. The highest BCUT2D eigenvalue weighted by Crippen LogP contribution is 2.42. The molecular weight excluding hydrogens is 304 g/mol. The van der Waals surface area contributed by atoms with Gasteiger partial charge in [0.1, 0.15) is 5.75 Å². The van der Waals surface area contributed by atoms with E-state index in [1.54, 1.807) is 7.11 Å². The Labute approximate surface area is 124 Å². The van der Waals surface area contributed by atoms with Crippen LogP contribution in [0.4, 0.5) is 0 Å². The van der Waals surface area contributed by atoms with Crippen LogP contribution in [0.25, 0.3) is 0 Å². The highest BCUT2D eigenvalue weighted by atomic mass is 79.9. The summed E-state index contributed by atoms with van der Waals surface area (Å²) in [6.45, 7) is 2.23. The van der Waals surface area contributed by atoms with Crippen molar-refractivity contribution < 1.29 is 9.84 Å². The summed E-state index contributed by atoms with van der Waals surface area (Å²) in [6, 6.07) is 5.83. The van der Waals surface area contributed by atoms with Crippen LogP contribution < -0.4 is 4.74 Å². The van der Waals surface area contributed by atoms with Crippen molar-refractivity contribution in [2.24, 2.45) is 11.8 Å². The summed E-state index contributed by atoms with van der Waals surface area (Å²) in [4.78, 5) is 0. The van der Waals surface area contributed by atoms with Crippen LogP contribution in [0.3, 0.4) is 0 Å². The molecule has 3 atom stereocenters. The molecule has 1 aromatic carbocycles. The van der Waals surface area contributed by atoms with Gasteiger partial charge in [0.2, 0.25) is 0 Å². The van der Waals surface area contributed by atoms with E-state index < -0.39 is 6.10 Å². The largest absolute Gasteiger partial charge is 0.497 e. The number of ether oxygens (including phenoxy) is 1. The normalized spacial score (nSPS) is 25.1. The highest BCUT2D eigenvalue weighted by Gasteiger charge is 2.31. The lowest BCUT2D eigenvalue weighted by molar-refractivity contribution is 0.0445. The molecule has 1 aliphatic carbocycles. The van der Waals surface area contributed by atoms with Gasteiger partial charge in [0.25, 0.3) is 0 Å². The number of halogens is 1. The summed E-state index contributed by atoms with van der Waals surface area (Å²) >= 11 is 3.55. The van der Waals surface area contributed by atoms with Crippen molar-refractivity contribution in [1.29, 1.82) is 0 Å². The Bertz CT molecular complexity index is 419. The van der Waals surface area contributed by atoms with Crippen molar-refractivity contribution in [1.82, 2.24) is 0 Å². The van der Waals surface area contributed by atoms with Crippen LogP contribution in [-0.4, -0.2) is 12.2 Å². The molecule has 0 radical (unpaired) electrons. The molecule has 19 heavy (non-hydrogen) atoms. The van der Waals surface area contributed by atoms with E-state index in [1.165, 1.54) is 19.3 Å². The molecular formula is C16H23BrO2. The number of aliphatic hydroxyl groups is 1. The standard InChI is InChI=1S/C16H23BrO2/c1-3-11-6-4-5-7-13(11)16(18)14-10-12(19-2)8-9-15(14)17/h8-11,13,16,18H,3-7H2,1-2H3. The second kappa shape index (κ2) is 6.76. The van der Waals surface area contributed by atoms with E-state index in [1.807, 2.05) is 18.2 Å². The molecule has 1 N–H and O–H groups in total. The molecule has 2 rings (SSSR count). The molecule has 1 aromatic rings. The zero-order valence-electron chi connectivity index (χ0n) is 11.7. The molecule has 0 aromatic heterocycles. The summed E-state index contributed by atoms with van der Waals surface area (Å²) in [5.74, 6) is 1.82. The summed E-state index contributed by atoms with van der Waals surface area (Å²) < 4.78 is 6.24. The second-order valence-corrected chi connectivity index (χ2v) is 6.30. The van der Waals surface area contributed by atoms with Crippen LogP contribution in [0.5, 0.6) is 5.75 Å². The summed E-state index contributed by atoms with van der Waals surface area (Å²) in [6.07, 6.45) is 5.68. The molecule has 2 nitrogen and oxygen atoms in total. The van der Waals surface area contributed by atoms with Crippen LogP contribution in [0.15, 0.2) is 22.7 Å². The topological polar surface area (TPSA) is 29.5 Å². The minimum Gasteiger partial charge on any atom is -0.497 e. The molecule has 1 saturated carbocycles. The van der Waals surface area contributed by atoms with Gasteiger partial charge in [0.05, 0.1) is 13.2 Å². The Morgan fingerprint density at radius 1 is 1.37 bits per heavy atom. The predicted octanol–water partition coefficient (Wildman–Crippen LogP) is 4.71. The van der Waals surface area contributed by atoms with Gasteiger partial charge in [-0.05, 0) is 42.0 Å². The molecule has 0 spiro atoms. The lowest BCUT2D eigenvalue weighted by atomic mass is 9.73. The first-order valence-corrected chi connectivity index (χ1v) is 7.98. The van der Waals surface area contributed by atoms with Crippen molar-refractivity contribution in [2.45, 2.75) is 45.1 Å². The van der Waals surface area contributed by atoms with Gasteiger partial charge in [-0.1, -0.05) is 48.5 Å². The van der Waals surface area contributed by atoms with Crippen molar-refractivity contribution >= 4 is 15.9 Å². The maximum Gasteiger partial charge on any atom is 0.119 e. The van der Waals surface area contributed by atoms with E-state index in [2.05, 4.69) is 22.9 Å². The first-order valence-electron chi connectivity index (χ1n) is 7.18. The zero-order valence-corrected chi connectivity index (χ0v) is 13.3. The monoisotopic (exact) mass is 326 g/mol. The molecule has 3 unspecified atom stereocenters. The third-order valence-electron chi connectivity index (χ3n) is 4.42. The fourth-order valence-corrected chi connectivity index (χ4v) is 3.75. The number of benzene rings is 1. The fraction of sp³-hybridized carbons (Fsp3) is 0.625. The van der Waals surface area contributed by atoms with Gasteiger partial charge in [0, 0.05) is 4.47 Å². The van der Waals surface area contributed by atoms with E-state index in [4.69, 9.17) is 4.74 Å². The van der Waals surface area contributed by atoms with E-state index >= 15 is 0 Å². The Morgan fingerprint density at radius 3 is 2.79 bits per heavy atom. The van der Waals surface area contributed by atoms with E-state index in [0.717, 1.165) is 28.6 Å². The number of hydrogen-bond acceptors (Lipinski definition) is 2.